The number of ether oxygens (including phenoxy) is 1. The Morgan fingerprint density at radius 3 is 2.79 bits per heavy atom. The number of nitrogens with zero attached hydrogens (tertiary/aromatic N) is 2. The van der Waals surface area contributed by atoms with Crippen LogP contribution in [-0.2, 0) is 6.54 Å². The molecule has 19 heavy (non-hydrogen) atoms. The molecule has 0 aliphatic heterocycles. The molecule has 0 saturated heterocycles. The van der Waals surface area contributed by atoms with Crippen LogP contribution in [-0.4, -0.2) is 16.9 Å². The van der Waals surface area contributed by atoms with Gasteiger partial charge in [0.05, 0.1) is 13.3 Å². The molecule has 0 fully saturated rings. The van der Waals surface area contributed by atoms with Crippen molar-refractivity contribution in [2.24, 2.45) is 0 Å². The molecular formula is C14H18BrN3O. The number of methoxy groups -OCH3 is 1. The fourth-order valence-corrected chi connectivity index (χ4v) is 2.21. The van der Waals surface area contributed by atoms with Gasteiger partial charge in [-0.1, -0.05) is 15.9 Å². The molecule has 2 rings (SSSR count). The minimum Gasteiger partial charge on any atom is -0.497 e. The maximum absolute atomic E-state index is 5.24. The Kier molecular flexibility index (Phi) is 4.47. The molecule has 0 radical (unpaired) electrons. The lowest BCUT2D eigenvalue weighted by Crippen LogP contribution is -2.01. The largest absolute Gasteiger partial charge is 0.497 e. The van der Waals surface area contributed by atoms with Gasteiger partial charge < -0.3 is 10.1 Å². The number of aromatic nitrogens is 2. The van der Waals surface area contributed by atoms with Gasteiger partial charge in [-0.2, -0.15) is 5.10 Å². The number of halogens is 1. The molecule has 1 aromatic heterocycles. The van der Waals surface area contributed by atoms with Crippen LogP contribution < -0.4 is 10.1 Å². The minimum absolute atomic E-state index is 0.389. The molecule has 2 aromatic rings. The molecule has 0 unspecified atom stereocenters. The highest BCUT2D eigenvalue weighted by molar-refractivity contribution is 9.10. The lowest BCUT2D eigenvalue weighted by Gasteiger charge is -2.08. The molecular weight excluding hydrogens is 306 g/mol. The van der Waals surface area contributed by atoms with Crippen molar-refractivity contribution in [3.63, 3.8) is 0 Å². The first-order chi connectivity index (χ1) is 9.08. The molecule has 0 aliphatic rings. The lowest BCUT2D eigenvalue weighted by atomic mass is 10.3. The summed E-state index contributed by atoms with van der Waals surface area (Å²) in [7, 11) is 1.66. The predicted octanol–water partition coefficient (Wildman–Crippen LogP) is 3.85. The Hall–Kier alpha value is -1.49. The van der Waals surface area contributed by atoms with E-state index in [1.165, 1.54) is 0 Å². The second-order valence-electron chi connectivity index (χ2n) is 4.66. The van der Waals surface area contributed by atoms with E-state index >= 15 is 0 Å². The maximum atomic E-state index is 5.24. The van der Waals surface area contributed by atoms with Crippen molar-refractivity contribution in [2.45, 2.75) is 26.4 Å². The fraction of sp³-hybridized carbons (Fsp3) is 0.357. The zero-order valence-electron chi connectivity index (χ0n) is 11.4. The van der Waals surface area contributed by atoms with Gasteiger partial charge in [-0.15, -0.1) is 0 Å². The highest BCUT2D eigenvalue weighted by Gasteiger charge is 2.03. The molecule has 0 atom stereocenters. The zero-order chi connectivity index (χ0) is 13.8. The van der Waals surface area contributed by atoms with Crippen LogP contribution in [0.2, 0.25) is 0 Å². The Morgan fingerprint density at radius 1 is 1.37 bits per heavy atom. The van der Waals surface area contributed by atoms with Crippen molar-refractivity contribution in [3.8, 4) is 5.75 Å². The normalized spacial score (nSPS) is 10.8. The van der Waals surface area contributed by atoms with E-state index in [-0.39, 0.29) is 0 Å². The maximum Gasteiger partial charge on any atom is 0.122 e. The fourth-order valence-electron chi connectivity index (χ4n) is 1.74. The Bertz CT molecular complexity index is 551. The van der Waals surface area contributed by atoms with E-state index in [0.29, 0.717) is 6.04 Å². The third-order valence-corrected chi connectivity index (χ3v) is 3.25. The molecule has 1 N–H and O–H groups in total. The van der Waals surface area contributed by atoms with Gasteiger partial charge in [0.25, 0.3) is 0 Å². The van der Waals surface area contributed by atoms with Crippen LogP contribution in [0.4, 0.5) is 5.69 Å². The number of anilines is 1. The summed E-state index contributed by atoms with van der Waals surface area (Å²) in [6.07, 6.45) is 3.95. The summed E-state index contributed by atoms with van der Waals surface area (Å²) in [6.45, 7) is 4.97. The van der Waals surface area contributed by atoms with Gasteiger partial charge in [0.2, 0.25) is 0 Å². The van der Waals surface area contributed by atoms with Gasteiger partial charge >= 0.3 is 0 Å². The van der Waals surface area contributed by atoms with Crippen LogP contribution in [0.15, 0.2) is 35.1 Å². The van der Waals surface area contributed by atoms with Gasteiger partial charge in [-0.3, -0.25) is 4.68 Å². The summed E-state index contributed by atoms with van der Waals surface area (Å²) in [4.78, 5) is 0. The minimum atomic E-state index is 0.389. The van der Waals surface area contributed by atoms with Crippen LogP contribution in [0.1, 0.15) is 25.5 Å². The molecule has 0 spiro atoms. The van der Waals surface area contributed by atoms with Gasteiger partial charge in [-0.25, -0.2) is 0 Å². The molecule has 102 valence electrons. The molecule has 0 bridgehead atoms. The van der Waals surface area contributed by atoms with Crippen LogP contribution >= 0.6 is 15.9 Å². The number of hydrogen-bond donors (Lipinski definition) is 1. The lowest BCUT2D eigenvalue weighted by molar-refractivity contribution is 0.414. The predicted molar refractivity (Wildman–Crippen MR) is 80.6 cm³/mol. The average molecular weight is 324 g/mol. The van der Waals surface area contributed by atoms with Gasteiger partial charge in [-0.05, 0) is 26.0 Å². The monoisotopic (exact) mass is 323 g/mol. The molecule has 0 amide bonds. The second-order valence-corrected chi connectivity index (χ2v) is 5.57. The van der Waals surface area contributed by atoms with Crippen molar-refractivity contribution in [3.05, 3.63) is 40.6 Å². The molecule has 4 nitrogen and oxygen atoms in total. The standard InChI is InChI=1S/C14H18BrN3O/c1-10(2)18-9-11(8-17-18)7-16-13-4-12(15)5-14(6-13)19-3/h4-6,8-10,16H,7H2,1-3H3. The summed E-state index contributed by atoms with van der Waals surface area (Å²) in [5.74, 6) is 0.828. The molecule has 0 saturated carbocycles. The highest BCUT2D eigenvalue weighted by Crippen LogP contribution is 2.24. The second kappa shape index (κ2) is 6.10. The van der Waals surface area contributed by atoms with Gasteiger partial charge in [0, 0.05) is 40.6 Å². The molecule has 5 heteroatoms. The average Bonchev–Trinajstić information content (AvgIpc) is 2.84. The summed E-state index contributed by atoms with van der Waals surface area (Å²) in [6, 6.07) is 6.31. The topological polar surface area (TPSA) is 39.1 Å². The van der Waals surface area contributed by atoms with Crippen molar-refractivity contribution >= 4 is 21.6 Å². The number of hydrogen-bond acceptors (Lipinski definition) is 3. The van der Waals surface area contributed by atoms with Crippen LogP contribution in [0.25, 0.3) is 0 Å². The quantitative estimate of drug-likeness (QED) is 0.908. The third-order valence-electron chi connectivity index (χ3n) is 2.79. The van der Waals surface area contributed by atoms with Crippen LogP contribution in [0, 0.1) is 0 Å². The van der Waals surface area contributed by atoms with Crippen molar-refractivity contribution in [1.82, 2.24) is 9.78 Å². The van der Waals surface area contributed by atoms with E-state index in [1.54, 1.807) is 7.11 Å². The SMILES string of the molecule is COc1cc(Br)cc(NCc2cnn(C(C)C)c2)c1. The first-order valence-corrected chi connectivity index (χ1v) is 6.99. The van der Waals surface area contributed by atoms with Crippen molar-refractivity contribution in [1.29, 1.82) is 0 Å². The van der Waals surface area contributed by atoms with E-state index < -0.39 is 0 Å². The summed E-state index contributed by atoms with van der Waals surface area (Å²) >= 11 is 3.47. The van der Waals surface area contributed by atoms with E-state index in [1.807, 2.05) is 29.1 Å². The van der Waals surface area contributed by atoms with Crippen molar-refractivity contribution < 1.29 is 4.74 Å². The summed E-state index contributed by atoms with van der Waals surface area (Å²) < 4.78 is 8.19. The number of nitrogens with one attached hydrogen (secondary N) is 1. The summed E-state index contributed by atoms with van der Waals surface area (Å²) in [5.41, 5.74) is 2.18. The van der Waals surface area contributed by atoms with Gasteiger partial charge in [0.1, 0.15) is 5.75 Å². The number of rotatable bonds is 5. The third kappa shape index (κ3) is 3.73. The first-order valence-electron chi connectivity index (χ1n) is 6.20. The van der Waals surface area contributed by atoms with Crippen LogP contribution in [0.5, 0.6) is 5.75 Å². The highest BCUT2D eigenvalue weighted by atomic mass is 79.9. The number of benzene rings is 1. The van der Waals surface area contributed by atoms with Gasteiger partial charge in [0.15, 0.2) is 0 Å². The van der Waals surface area contributed by atoms with E-state index in [9.17, 15) is 0 Å². The molecule has 1 aromatic carbocycles. The Morgan fingerprint density at radius 2 is 2.16 bits per heavy atom. The molecule has 1 heterocycles. The Balaban J connectivity index is 2.03. The van der Waals surface area contributed by atoms with E-state index in [0.717, 1.165) is 28.0 Å². The van der Waals surface area contributed by atoms with E-state index in [2.05, 4.69) is 46.4 Å². The first kappa shape index (κ1) is 13.9. The smallest absolute Gasteiger partial charge is 0.122 e. The molecule has 0 aliphatic carbocycles. The summed E-state index contributed by atoms with van der Waals surface area (Å²) in [5, 5.41) is 7.69. The van der Waals surface area contributed by atoms with Crippen molar-refractivity contribution in [2.75, 3.05) is 12.4 Å². The van der Waals surface area contributed by atoms with E-state index in [4.69, 9.17) is 4.74 Å². The Labute approximate surface area is 121 Å². The zero-order valence-corrected chi connectivity index (χ0v) is 12.9. The van der Waals surface area contributed by atoms with Crippen LogP contribution in [0.3, 0.4) is 0 Å².